The fourth-order valence-corrected chi connectivity index (χ4v) is 2.97. The van der Waals surface area contributed by atoms with E-state index >= 15 is 0 Å². The number of carbonyl (C=O) groups is 1. The number of nitrogen functional groups attached to an aromatic ring is 1. The Morgan fingerprint density at radius 2 is 1.78 bits per heavy atom. The summed E-state index contributed by atoms with van der Waals surface area (Å²) in [5, 5.41) is 0. The molecule has 1 atom stereocenters. The number of hydrogen-bond acceptors (Lipinski definition) is 6. The Hall–Kier alpha value is -1.99. The summed E-state index contributed by atoms with van der Waals surface area (Å²) in [5.74, 6) is 0.798. The smallest absolute Gasteiger partial charge is 0.256 e. The molecule has 0 spiro atoms. The molecule has 128 valence electrons. The van der Waals surface area contributed by atoms with Gasteiger partial charge in [-0.25, -0.2) is 0 Å². The lowest BCUT2D eigenvalue weighted by atomic mass is 10.1. The van der Waals surface area contributed by atoms with E-state index in [-0.39, 0.29) is 11.9 Å². The Bertz CT molecular complexity index is 560. The lowest BCUT2D eigenvalue weighted by Gasteiger charge is -2.30. The van der Waals surface area contributed by atoms with Crippen LogP contribution in [-0.4, -0.2) is 58.1 Å². The third-order valence-electron chi connectivity index (χ3n) is 4.12. The molecule has 0 bridgehead atoms. The average Bonchev–Trinajstić information content (AvgIpc) is 3.04. The van der Waals surface area contributed by atoms with Crippen LogP contribution in [0.1, 0.15) is 23.2 Å². The standard InChI is InChI=1S/C16H24N2O5/c1-20-13-8-10(11(17)9-14(13)21-2)15(19)18-7-5-6-12(18)16(22-3)23-4/h8-9,12,16H,5-7,17H2,1-4H3/t12-/m0/s1. The van der Waals surface area contributed by atoms with Crippen LogP contribution < -0.4 is 15.2 Å². The highest BCUT2D eigenvalue weighted by molar-refractivity contribution is 6.00. The molecule has 1 fully saturated rings. The normalized spacial score (nSPS) is 17.6. The molecule has 0 aromatic heterocycles. The molecule has 1 amide bonds. The first-order chi connectivity index (χ1) is 11.1. The number of nitrogens with zero attached hydrogens (tertiary/aromatic N) is 1. The van der Waals surface area contributed by atoms with Crippen LogP contribution in [0, 0.1) is 0 Å². The van der Waals surface area contributed by atoms with Crippen molar-refractivity contribution in [3.63, 3.8) is 0 Å². The molecule has 0 radical (unpaired) electrons. The minimum absolute atomic E-state index is 0.134. The monoisotopic (exact) mass is 324 g/mol. The first kappa shape index (κ1) is 17.4. The van der Waals surface area contributed by atoms with Crippen molar-refractivity contribution in [2.45, 2.75) is 25.2 Å². The number of nitrogens with two attached hydrogens (primary N) is 1. The van der Waals surface area contributed by atoms with Crippen molar-refractivity contribution in [2.24, 2.45) is 0 Å². The molecule has 1 aliphatic heterocycles. The highest BCUT2D eigenvalue weighted by atomic mass is 16.7. The highest BCUT2D eigenvalue weighted by Crippen LogP contribution is 2.34. The molecule has 23 heavy (non-hydrogen) atoms. The number of benzene rings is 1. The Kier molecular flexibility index (Phi) is 5.68. The number of methoxy groups -OCH3 is 4. The second-order valence-electron chi connectivity index (χ2n) is 5.34. The molecule has 0 unspecified atom stereocenters. The van der Waals surface area contributed by atoms with Gasteiger partial charge in [-0.1, -0.05) is 0 Å². The summed E-state index contributed by atoms with van der Waals surface area (Å²) in [6.45, 7) is 0.639. The summed E-state index contributed by atoms with van der Waals surface area (Å²) < 4.78 is 21.1. The first-order valence-electron chi connectivity index (χ1n) is 7.45. The third kappa shape index (κ3) is 3.35. The van der Waals surface area contributed by atoms with E-state index in [0.29, 0.717) is 29.3 Å². The van der Waals surface area contributed by atoms with Crippen molar-refractivity contribution >= 4 is 11.6 Å². The van der Waals surface area contributed by atoms with Crippen molar-refractivity contribution in [3.05, 3.63) is 17.7 Å². The van der Waals surface area contributed by atoms with Crippen LogP contribution in [-0.2, 0) is 9.47 Å². The summed E-state index contributed by atoms with van der Waals surface area (Å²) >= 11 is 0. The van der Waals surface area contributed by atoms with Crippen LogP contribution in [0.25, 0.3) is 0 Å². The molecule has 1 aromatic rings. The van der Waals surface area contributed by atoms with Gasteiger partial charge in [0.2, 0.25) is 0 Å². The fraction of sp³-hybridized carbons (Fsp3) is 0.562. The maximum atomic E-state index is 12.9. The van der Waals surface area contributed by atoms with E-state index in [0.717, 1.165) is 12.8 Å². The minimum atomic E-state index is -0.456. The lowest BCUT2D eigenvalue weighted by Crippen LogP contribution is -2.44. The van der Waals surface area contributed by atoms with Crippen molar-refractivity contribution in [3.8, 4) is 11.5 Å². The fourth-order valence-electron chi connectivity index (χ4n) is 2.97. The number of ether oxygens (including phenoxy) is 4. The molecule has 1 aromatic carbocycles. The van der Waals surface area contributed by atoms with E-state index in [9.17, 15) is 4.79 Å². The Labute approximate surface area is 136 Å². The summed E-state index contributed by atoms with van der Waals surface area (Å²) in [4.78, 5) is 14.7. The number of likely N-dealkylation sites (tertiary alicyclic amines) is 1. The Balaban J connectivity index is 2.32. The predicted octanol–water partition coefficient (Wildman–Crippen LogP) is 1.51. The molecule has 1 aliphatic rings. The van der Waals surface area contributed by atoms with Crippen LogP contribution in [0.3, 0.4) is 0 Å². The summed E-state index contributed by atoms with van der Waals surface area (Å²) in [5.41, 5.74) is 6.77. The number of amides is 1. The van der Waals surface area contributed by atoms with Crippen LogP contribution in [0.4, 0.5) is 5.69 Å². The molecular formula is C16H24N2O5. The Morgan fingerprint density at radius 1 is 1.17 bits per heavy atom. The lowest BCUT2D eigenvalue weighted by molar-refractivity contribution is -0.134. The van der Waals surface area contributed by atoms with Gasteiger partial charge >= 0.3 is 0 Å². The van der Waals surface area contributed by atoms with Gasteiger partial charge in [-0.05, 0) is 18.9 Å². The molecule has 0 aliphatic carbocycles. The highest BCUT2D eigenvalue weighted by Gasteiger charge is 2.36. The van der Waals surface area contributed by atoms with Crippen molar-refractivity contribution in [2.75, 3.05) is 40.7 Å². The predicted molar refractivity (Wildman–Crippen MR) is 85.8 cm³/mol. The van der Waals surface area contributed by atoms with Crippen LogP contribution in [0.15, 0.2) is 12.1 Å². The number of carbonyl (C=O) groups excluding carboxylic acids is 1. The summed E-state index contributed by atoms with van der Waals surface area (Å²) in [7, 11) is 6.18. The number of hydrogen-bond donors (Lipinski definition) is 1. The van der Waals surface area contributed by atoms with E-state index in [2.05, 4.69) is 0 Å². The molecule has 2 N–H and O–H groups in total. The average molecular weight is 324 g/mol. The van der Waals surface area contributed by atoms with Crippen LogP contribution in [0.2, 0.25) is 0 Å². The summed E-state index contributed by atoms with van der Waals surface area (Å²) in [6.07, 6.45) is 1.26. The quantitative estimate of drug-likeness (QED) is 0.631. The van der Waals surface area contributed by atoms with E-state index in [1.54, 1.807) is 31.3 Å². The van der Waals surface area contributed by atoms with E-state index < -0.39 is 6.29 Å². The topological polar surface area (TPSA) is 83.3 Å². The van der Waals surface area contributed by atoms with Gasteiger partial charge in [0, 0.05) is 32.5 Å². The molecule has 1 heterocycles. The largest absolute Gasteiger partial charge is 0.493 e. The zero-order chi connectivity index (χ0) is 17.0. The molecule has 7 nitrogen and oxygen atoms in total. The molecule has 1 saturated heterocycles. The van der Waals surface area contributed by atoms with Crippen molar-refractivity contribution in [1.82, 2.24) is 4.90 Å². The van der Waals surface area contributed by atoms with Gasteiger partial charge in [0.1, 0.15) is 0 Å². The van der Waals surface area contributed by atoms with E-state index in [4.69, 9.17) is 24.7 Å². The van der Waals surface area contributed by atoms with Gasteiger partial charge in [0.25, 0.3) is 5.91 Å². The maximum absolute atomic E-state index is 12.9. The molecule has 0 saturated carbocycles. The summed E-state index contributed by atoms with van der Waals surface area (Å²) in [6, 6.07) is 3.08. The molecule has 2 rings (SSSR count). The van der Waals surface area contributed by atoms with Gasteiger partial charge in [0.15, 0.2) is 17.8 Å². The van der Waals surface area contributed by atoms with Gasteiger partial charge in [-0.15, -0.1) is 0 Å². The number of rotatable bonds is 6. The SMILES string of the molecule is COc1cc(N)c(C(=O)N2CCC[C@H]2C(OC)OC)cc1OC. The maximum Gasteiger partial charge on any atom is 0.256 e. The number of anilines is 1. The van der Waals surface area contributed by atoms with Gasteiger partial charge in [-0.2, -0.15) is 0 Å². The third-order valence-corrected chi connectivity index (χ3v) is 4.12. The second kappa shape index (κ2) is 7.52. The van der Waals surface area contributed by atoms with Gasteiger partial charge in [-0.3, -0.25) is 4.79 Å². The molecular weight excluding hydrogens is 300 g/mol. The van der Waals surface area contributed by atoms with Crippen LogP contribution in [0.5, 0.6) is 11.5 Å². The minimum Gasteiger partial charge on any atom is -0.493 e. The first-order valence-corrected chi connectivity index (χ1v) is 7.45. The Morgan fingerprint density at radius 3 is 2.35 bits per heavy atom. The zero-order valence-corrected chi connectivity index (χ0v) is 14.0. The van der Waals surface area contributed by atoms with Gasteiger partial charge in [0.05, 0.1) is 25.8 Å². The van der Waals surface area contributed by atoms with Crippen molar-refractivity contribution in [1.29, 1.82) is 0 Å². The van der Waals surface area contributed by atoms with E-state index in [1.165, 1.54) is 14.2 Å². The van der Waals surface area contributed by atoms with E-state index in [1.807, 2.05) is 0 Å². The zero-order valence-electron chi connectivity index (χ0n) is 14.0. The second-order valence-corrected chi connectivity index (χ2v) is 5.34. The van der Waals surface area contributed by atoms with Crippen molar-refractivity contribution < 1.29 is 23.7 Å². The molecule has 7 heteroatoms. The van der Waals surface area contributed by atoms with Gasteiger partial charge < -0.3 is 29.6 Å². The van der Waals surface area contributed by atoms with Crippen LogP contribution >= 0.6 is 0 Å².